The topological polar surface area (TPSA) is 32.3 Å². The van der Waals surface area contributed by atoms with Crippen LogP contribution in [0.15, 0.2) is 0 Å². The Balaban J connectivity index is 2.15. The summed E-state index contributed by atoms with van der Waals surface area (Å²) in [7, 11) is 0. The van der Waals surface area contributed by atoms with Crippen LogP contribution in [0, 0.1) is 5.92 Å². The zero-order valence-electron chi connectivity index (χ0n) is 8.97. The van der Waals surface area contributed by atoms with E-state index >= 15 is 0 Å². The van der Waals surface area contributed by atoms with E-state index in [-0.39, 0.29) is 12.1 Å². The fourth-order valence-corrected chi connectivity index (χ4v) is 2.00. The smallest absolute Gasteiger partial charge is 0.0448 e. The lowest BCUT2D eigenvalue weighted by atomic mass is 9.99. The number of hydrogen-bond donors (Lipinski definition) is 2. The second-order valence-electron chi connectivity index (χ2n) is 4.89. The molecule has 1 saturated carbocycles. The van der Waals surface area contributed by atoms with Crippen molar-refractivity contribution in [2.24, 2.45) is 5.92 Å². The van der Waals surface area contributed by atoms with Gasteiger partial charge < -0.3 is 10.4 Å². The lowest BCUT2D eigenvalue weighted by Gasteiger charge is -2.27. The highest BCUT2D eigenvalue weighted by Gasteiger charge is 2.20. The van der Waals surface area contributed by atoms with Gasteiger partial charge in [-0.1, -0.05) is 12.8 Å². The first-order chi connectivity index (χ1) is 6.14. The van der Waals surface area contributed by atoms with Crippen LogP contribution < -0.4 is 5.32 Å². The highest BCUT2D eigenvalue weighted by Crippen LogP contribution is 2.24. The summed E-state index contributed by atoms with van der Waals surface area (Å²) in [6, 6.07) is 0. The first kappa shape index (κ1) is 11.0. The van der Waals surface area contributed by atoms with Crippen molar-refractivity contribution in [2.45, 2.75) is 51.5 Å². The second kappa shape index (κ2) is 4.97. The lowest BCUT2D eigenvalue weighted by molar-refractivity contribution is 0.225. The minimum atomic E-state index is 0.108. The Bertz CT molecular complexity index is 139. The highest BCUT2D eigenvalue weighted by atomic mass is 16.3. The Morgan fingerprint density at radius 1 is 1.31 bits per heavy atom. The molecular weight excluding hydrogens is 162 g/mol. The van der Waals surface area contributed by atoms with Crippen molar-refractivity contribution < 1.29 is 5.11 Å². The first-order valence-electron chi connectivity index (χ1n) is 5.50. The molecule has 1 rings (SSSR count). The second-order valence-corrected chi connectivity index (χ2v) is 4.89. The molecule has 0 radical (unpaired) electrons. The van der Waals surface area contributed by atoms with E-state index in [4.69, 9.17) is 5.11 Å². The van der Waals surface area contributed by atoms with Gasteiger partial charge in [-0.2, -0.15) is 0 Å². The number of nitrogens with one attached hydrogen (secondary N) is 1. The maximum Gasteiger partial charge on any atom is 0.0448 e. The van der Waals surface area contributed by atoms with Crippen LogP contribution in [-0.4, -0.2) is 23.8 Å². The van der Waals surface area contributed by atoms with Gasteiger partial charge in [-0.15, -0.1) is 0 Å². The number of aliphatic hydroxyl groups excluding tert-OH is 1. The molecule has 0 heterocycles. The van der Waals surface area contributed by atoms with Gasteiger partial charge in [0.15, 0.2) is 0 Å². The van der Waals surface area contributed by atoms with Crippen molar-refractivity contribution in [1.82, 2.24) is 5.32 Å². The summed E-state index contributed by atoms with van der Waals surface area (Å²) < 4.78 is 0. The summed E-state index contributed by atoms with van der Waals surface area (Å²) in [5, 5.41) is 12.4. The van der Waals surface area contributed by atoms with Gasteiger partial charge in [-0.25, -0.2) is 0 Å². The van der Waals surface area contributed by atoms with Crippen molar-refractivity contribution in [3.63, 3.8) is 0 Å². The van der Waals surface area contributed by atoms with E-state index in [0.29, 0.717) is 0 Å². The third-order valence-corrected chi connectivity index (χ3v) is 3.08. The van der Waals surface area contributed by atoms with Crippen molar-refractivity contribution >= 4 is 0 Å². The molecule has 0 aliphatic heterocycles. The molecule has 0 atom stereocenters. The summed E-state index contributed by atoms with van der Waals surface area (Å²) >= 11 is 0. The first-order valence-corrected chi connectivity index (χ1v) is 5.50. The average Bonchev–Trinajstić information content (AvgIpc) is 2.52. The molecule has 2 N–H and O–H groups in total. The summed E-state index contributed by atoms with van der Waals surface area (Å²) in [6.07, 6.45) is 6.45. The van der Waals surface area contributed by atoms with Gasteiger partial charge >= 0.3 is 0 Å². The molecule has 13 heavy (non-hydrogen) atoms. The van der Waals surface area contributed by atoms with Gasteiger partial charge in [0.1, 0.15) is 0 Å². The quantitative estimate of drug-likeness (QED) is 0.686. The van der Waals surface area contributed by atoms with Gasteiger partial charge in [0.25, 0.3) is 0 Å². The molecule has 0 aromatic carbocycles. The fourth-order valence-electron chi connectivity index (χ4n) is 2.00. The van der Waals surface area contributed by atoms with Crippen molar-refractivity contribution in [3.8, 4) is 0 Å². The third-order valence-electron chi connectivity index (χ3n) is 3.08. The summed E-state index contributed by atoms with van der Waals surface area (Å²) in [5.74, 6) is 0.887. The number of rotatable bonds is 5. The average molecular weight is 185 g/mol. The van der Waals surface area contributed by atoms with E-state index in [1.165, 1.54) is 25.7 Å². The normalized spacial score (nSPS) is 19.6. The van der Waals surface area contributed by atoms with E-state index in [1.807, 2.05) is 0 Å². The molecule has 1 aliphatic carbocycles. The van der Waals surface area contributed by atoms with E-state index < -0.39 is 0 Å². The Morgan fingerprint density at radius 3 is 2.46 bits per heavy atom. The van der Waals surface area contributed by atoms with Crippen molar-refractivity contribution in [2.75, 3.05) is 13.2 Å². The lowest BCUT2D eigenvalue weighted by Crippen LogP contribution is -2.42. The van der Waals surface area contributed by atoms with Gasteiger partial charge in [0.2, 0.25) is 0 Å². The SMILES string of the molecule is CC(C)(CCO)NCC1CCCC1. The van der Waals surface area contributed by atoms with E-state index in [1.54, 1.807) is 0 Å². The van der Waals surface area contributed by atoms with Gasteiger partial charge in [-0.05, 0) is 45.6 Å². The molecule has 0 aromatic rings. The highest BCUT2D eigenvalue weighted by molar-refractivity contribution is 4.79. The van der Waals surface area contributed by atoms with Crippen LogP contribution in [0.4, 0.5) is 0 Å². The molecule has 0 bridgehead atoms. The zero-order chi connectivity index (χ0) is 9.73. The summed E-state index contributed by atoms with van der Waals surface area (Å²) in [6.45, 7) is 5.74. The maximum atomic E-state index is 8.85. The fraction of sp³-hybridized carbons (Fsp3) is 1.00. The van der Waals surface area contributed by atoms with Crippen LogP contribution >= 0.6 is 0 Å². The Kier molecular flexibility index (Phi) is 4.20. The summed E-state index contributed by atoms with van der Waals surface area (Å²) in [4.78, 5) is 0. The Labute approximate surface area is 81.7 Å². The number of hydrogen-bond acceptors (Lipinski definition) is 2. The molecule has 0 amide bonds. The summed E-state index contributed by atoms with van der Waals surface area (Å²) in [5.41, 5.74) is 0.108. The Morgan fingerprint density at radius 2 is 1.92 bits per heavy atom. The Hall–Kier alpha value is -0.0800. The van der Waals surface area contributed by atoms with Crippen LogP contribution in [0.3, 0.4) is 0 Å². The molecule has 1 aliphatic rings. The predicted octanol–water partition coefficient (Wildman–Crippen LogP) is 1.93. The van der Waals surface area contributed by atoms with Gasteiger partial charge in [-0.3, -0.25) is 0 Å². The molecule has 0 unspecified atom stereocenters. The van der Waals surface area contributed by atoms with Crippen LogP contribution in [0.25, 0.3) is 0 Å². The van der Waals surface area contributed by atoms with E-state index in [9.17, 15) is 0 Å². The zero-order valence-corrected chi connectivity index (χ0v) is 8.97. The van der Waals surface area contributed by atoms with E-state index in [0.717, 1.165) is 18.9 Å². The molecular formula is C11H23NO. The van der Waals surface area contributed by atoms with Crippen molar-refractivity contribution in [3.05, 3.63) is 0 Å². The van der Waals surface area contributed by atoms with Gasteiger partial charge in [0, 0.05) is 12.1 Å². The minimum absolute atomic E-state index is 0.108. The standard InChI is InChI=1S/C11H23NO/c1-11(2,7-8-13)12-9-10-5-3-4-6-10/h10,12-13H,3-9H2,1-2H3. The van der Waals surface area contributed by atoms with Crippen LogP contribution in [0.2, 0.25) is 0 Å². The van der Waals surface area contributed by atoms with Crippen LogP contribution in [0.1, 0.15) is 46.0 Å². The maximum absolute atomic E-state index is 8.85. The monoisotopic (exact) mass is 185 g/mol. The molecule has 2 heteroatoms. The van der Waals surface area contributed by atoms with Crippen LogP contribution in [-0.2, 0) is 0 Å². The third kappa shape index (κ3) is 4.10. The molecule has 1 fully saturated rings. The predicted molar refractivity (Wildman–Crippen MR) is 55.7 cm³/mol. The largest absolute Gasteiger partial charge is 0.396 e. The van der Waals surface area contributed by atoms with E-state index in [2.05, 4.69) is 19.2 Å². The molecule has 0 aromatic heterocycles. The molecule has 0 saturated heterocycles. The van der Waals surface area contributed by atoms with Crippen molar-refractivity contribution in [1.29, 1.82) is 0 Å². The molecule has 78 valence electrons. The van der Waals surface area contributed by atoms with Gasteiger partial charge in [0.05, 0.1) is 0 Å². The number of aliphatic hydroxyl groups is 1. The van der Waals surface area contributed by atoms with Crippen LogP contribution in [0.5, 0.6) is 0 Å². The minimum Gasteiger partial charge on any atom is -0.396 e. The molecule has 0 spiro atoms. The molecule has 2 nitrogen and oxygen atoms in total.